The molecule has 3 rings (SSSR count). The highest BCUT2D eigenvalue weighted by atomic mass is 32.2. The van der Waals surface area contributed by atoms with Crippen LogP contribution in [-0.4, -0.2) is 45.4 Å². The minimum atomic E-state index is -3.68. The molecule has 1 heterocycles. The van der Waals surface area contributed by atoms with E-state index < -0.39 is 10.0 Å². The van der Waals surface area contributed by atoms with E-state index in [1.807, 2.05) is 24.3 Å². The molecule has 162 valence electrons. The van der Waals surface area contributed by atoms with Crippen LogP contribution in [0.4, 0.5) is 0 Å². The van der Waals surface area contributed by atoms with Gasteiger partial charge in [0.1, 0.15) is 11.5 Å². The van der Waals surface area contributed by atoms with E-state index in [9.17, 15) is 13.2 Å². The minimum absolute atomic E-state index is 0.129. The predicted molar refractivity (Wildman–Crippen MR) is 114 cm³/mol. The molecule has 1 N–H and O–H groups in total. The number of piperidine rings is 1. The van der Waals surface area contributed by atoms with Crippen molar-refractivity contribution in [3.8, 4) is 11.5 Å². The first-order valence-corrected chi connectivity index (χ1v) is 11.4. The third kappa shape index (κ3) is 5.12. The molecule has 1 fully saturated rings. The number of benzene rings is 2. The molecule has 0 saturated carbocycles. The Kier molecular flexibility index (Phi) is 7.33. The van der Waals surface area contributed by atoms with Crippen LogP contribution in [0.1, 0.15) is 31.2 Å². The molecular weight excluding hydrogens is 404 g/mol. The second kappa shape index (κ2) is 9.95. The highest BCUT2D eigenvalue weighted by Crippen LogP contribution is 2.28. The van der Waals surface area contributed by atoms with Crippen LogP contribution in [0.5, 0.6) is 11.5 Å². The first kappa shape index (κ1) is 22.1. The van der Waals surface area contributed by atoms with Gasteiger partial charge in [0.2, 0.25) is 15.9 Å². The van der Waals surface area contributed by atoms with Crippen molar-refractivity contribution in [2.24, 2.45) is 0 Å². The Labute approximate surface area is 178 Å². The van der Waals surface area contributed by atoms with Crippen LogP contribution >= 0.6 is 0 Å². The van der Waals surface area contributed by atoms with E-state index in [0.29, 0.717) is 31.0 Å². The van der Waals surface area contributed by atoms with Crippen LogP contribution in [0.3, 0.4) is 0 Å². The van der Waals surface area contributed by atoms with Crippen molar-refractivity contribution in [2.75, 3.05) is 20.8 Å². The first-order valence-electron chi connectivity index (χ1n) is 10.00. The highest BCUT2D eigenvalue weighted by molar-refractivity contribution is 7.89. The molecule has 0 radical (unpaired) electrons. The third-order valence-corrected chi connectivity index (χ3v) is 7.29. The van der Waals surface area contributed by atoms with Gasteiger partial charge in [0.15, 0.2) is 0 Å². The zero-order valence-electron chi connectivity index (χ0n) is 17.3. The Morgan fingerprint density at radius 3 is 2.50 bits per heavy atom. The number of nitrogens with zero attached hydrogens (tertiary/aromatic N) is 1. The van der Waals surface area contributed by atoms with Crippen molar-refractivity contribution >= 4 is 15.9 Å². The highest BCUT2D eigenvalue weighted by Gasteiger charge is 2.34. The number of sulfonamides is 1. The predicted octanol–water partition coefficient (Wildman–Crippen LogP) is 2.95. The molecule has 1 aliphatic heterocycles. The van der Waals surface area contributed by atoms with Gasteiger partial charge in [0, 0.05) is 31.1 Å². The van der Waals surface area contributed by atoms with Crippen molar-refractivity contribution in [1.82, 2.24) is 9.62 Å². The molecule has 8 heteroatoms. The normalized spacial score (nSPS) is 17.3. The van der Waals surface area contributed by atoms with E-state index in [2.05, 4.69) is 5.32 Å². The van der Waals surface area contributed by atoms with Gasteiger partial charge in [0.05, 0.1) is 19.1 Å². The number of hydrogen-bond donors (Lipinski definition) is 1. The summed E-state index contributed by atoms with van der Waals surface area (Å²) >= 11 is 0. The van der Waals surface area contributed by atoms with Crippen molar-refractivity contribution in [2.45, 2.75) is 43.2 Å². The van der Waals surface area contributed by atoms with E-state index in [4.69, 9.17) is 9.47 Å². The molecule has 0 unspecified atom stereocenters. The zero-order valence-corrected chi connectivity index (χ0v) is 18.2. The van der Waals surface area contributed by atoms with Gasteiger partial charge in [-0.1, -0.05) is 24.6 Å². The topological polar surface area (TPSA) is 84.9 Å². The second-order valence-electron chi connectivity index (χ2n) is 7.23. The molecule has 0 aromatic heterocycles. The van der Waals surface area contributed by atoms with Gasteiger partial charge >= 0.3 is 0 Å². The number of para-hydroxylation sites is 1. The van der Waals surface area contributed by atoms with Crippen molar-refractivity contribution in [3.63, 3.8) is 0 Å². The number of methoxy groups -OCH3 is 2. The lowest BCUT2D eigenvalue weighted by molar-refractivity contribution is -0.122. The monoisotopic (exact) mass is 432 g/mol. The Hall–Kier alpha value is -2.58. The summed E-state index contributed by atoms with van der Waals surface area (Å²) in [6.45, 7) is 0.750. The molecular formula is C22H28N2O5S. The van der Waals surface area contributed by atoms with Gasteiger partial charge in [-0.15, -0.1) is 0 Å². The summed E-state index contributed by atoms with van der Waals surface area (Å²) in [5, 5.41) is 2.89. The summed E-state index contributed by atoms with van der Waals surface area (Å²) in [7, 11) is -0.558. The summed E-state index contributed by atoms with van der Waals surface area (Å²) in [5.41, 5.74) is 0.875. The standard InChI is InChI=1S/C22H28N2O5S/c1-28-19-10-12-20(13-11-19)30(26,27)24-14-6-5-8-18(24)15-22(25)23-16-17-7-3-4-9-21(17)29-2/h3-4,7,9-13,18H,5-6,8,14-16H2,1-2H3,(H,23,25)/t18-/m0/s1. The molecule has 0 spiro atoms. The zero-order chi connectivity index (χ0) is 21.6. The maximum Gasteiger partial charge on any atom is 0.243 e. The van der Waals surface area contributed by atoms with Gasteiger partial charge < -0.3 is 14.8 Å². The summed E-state index contributed by atoms with van der Waals surface area (Å²) < 4.78 is 38.2. The van der Waals surface area contributed by atoms with Crippen LogP contribution < -0.4 is 14.8 Å². The minimum Gasteiger partial charge on any atom is -0.497 e. The van der Waals surface area contributed by atoms with Crippen LogP contribution in [0, 0.1) is 0 Å². The maximum atomic E-state index is 13.2. The van der Waals surface area contributed by atoms with Gasteiger partial charge in [-0.25, -0.2) is 8.42 Å². The molecule has 0 aliphatic carbocycles. The molecule has 1 aliphatic rings. The number of ether oxygens (including phenoxy) is 2. The first-order chi connectivity index (χ1) is 14.5. The van der Waals surface area contributed by atoms with Gasteiger partial charge in [-0.2, -0.15) is 4.31 Å². The fraction of sp³-hybridized carbons (Fsp3) is 0.409. The summed E-state index contributed by atoms with van der Waals surface area (Å²) in [5.74, 6) is 1.13. The molecule has 1 amide bonds. The molecule has 1 saturated heterocycles. The molecule has 7 nitrogen and oxygen atoms in total. The summed E-state index contributed by atoms with van der Waals surface area (Å²) in [6.07, 6.45) is 2.48. The fourth-order valence-corrected chi connectivity index (χ4v) is 5.40. The van der Waals surface area contributed by atoms with Crippen molar-refractivity contribution in [1.29, 1.82) is 0 Å². The van der Waals surface area contributed by atoms with Gasteiger partial charge in [-0.3, -0.25) is 4.79 Å². The number of hydrogen-bond acceptors (Lipinski definition) is 5. The van der Waals surface area contributed by atoms with Gasteiger partial charge in [0.25, 0.3) is 0 Å². The quantitative estimate of drug-likeness (QED) is 0.693. The van der Waals surface area contributed by atoms with Crippen LogP contribution in [0.25, 0.3) is 0 Å². The van der Waals surface area contributed by atoms with Crippen LogP contribution in [0.2, 0.25) is 0 Å². The van der Waals surface area contributed by atoms with E-state index in [1.165, 1.54) is 11.4 Å². The van der Waals surface area contributed by atoms with Gasteiger partial charge in [-0.05, 0) is 43.2 Å². The summed E-state index contributed by atoms with van der Waals surface area (Å²) in [4.78, 5) is 12.8. The molecule has 2 aromatic rings. The second-order valence-corrected chi connectivity index (χ2v) is 9.12. The Morgan fingerprint density at radius 2 is 1.80 bits per heavy atom. The maximum absolute atomic E-state index is 13.2. The lowest BCUT2D eigenvalue weighted by atomic mass is 10.0. The number of carbonyl (C=O) groups excluding carboxylic acids is 1. The van der Waals surface area contributed by atoms with E-state index in [1.54, 1.807) is 31.4 Å². The van der Waals surface area contributed by atoms with Crippen LogP contribution in [0.15, 0.2) is 53.4 Å². The van der Waals surface area contributed by atoms with E-state index >= 15 is 0 Å². The Balaban J connectivity index is 1.68. The Bertz CT molecular complexity index is 960. The van der Waals surface area contributed by atoms with Crippen molar-refractivity contribution in [3.05, 3.63) is 54.1 Å². The average Bonchev–Trinajstić information content (AvgIpc) is 2.78. The third-order valence-electron chi connectivity index (χ3n) is 5.33. The largest absolute Gasteiger partial charge is 0.497 e. The number of rotatable bonds is 8. The summed E-state index contributed by atoms with van der Waals surface area (Å²) in [6, 6.07) is 13.5. The van der Waals surface area contributed by atoms with E-state index in [0.717, 1.165) is 18.4 Å². The number of nitrogens with one attached hydrogen (secondary N) is 1. The fourth-order valence-electron chi connectivity index (χ4n) is 3.71. The number of amides is 1. The molecule has 2 aromatic carbocycles. The molecule has 30 heavy (non-hydrogen) atoms. The van der Waals surface area contributed by atoms with Crippen molar-refractivity contribution < 1.29 is 22.7 Å². The molecule has 1 atom stereocenters. The smallest absolute Gasteiger partial charge is 0.243 e. The lowest BCUT2D eigenvalue weighted by Crippen LogP contribution is -2.45. The number of carbonyl (C=O) groups is 1. The van der Waals surface area contributed by atoms with E-state index in [-0.39, 0.29) is 23.3 Å². The van der Waals surface area contributed by atoms with Crippen LogP contribution in [-0.2, 0) is 21.4 Å². The lowest BCUT2D eigenvalue weighted by Gasteiger charge is -2.34. The molecule has 0 bridgehead atoms. The Morgan fingerprint density at radius 1 is 1.07 bits per heavy atom. The average molecular weight is 433 g/mol. The SMILES string of the molecule is COc1ccc(S(=O)(=O)N2CCCC[C@H]2CC(=O)NCc2ccccc2OC)cc1.